The molecule has 2 aliphatic heterocycles. The number of rotatable bonds is 5. The van der Waals surface area contributed by atoms with Gasteiger partial charge in [-0.15, -0.1) is 0 Å². The molecule has 0 saturated carbocycles. The molecule has 2 aromatic rings. The molecular formula is C22H22F4N4O3. The highest BCUT2D eigenvalue weighted by molar-refractivity contribution is 6.34. The number of nitrogens with zero attached hydrogens (tertiary/aromatic N) is 1. The zero-order chi connectivity index (χ0) is 23.8. The summed E-state index contributed by atoms with van der Waals surface area (Å²) in [5, 5.41) is 4.67. The molecule has 0 atom stereocenters. The summed E-state index contributed by atoms with van der Waals surface area (Å²) in [6, 6.07) is 3.54. The highest BCUT2D eigenvalue weighted by atomic mass is 19.4. The summed E-state index contributed by atoms with van der Waals surface area (Å²) in [6.07, 6.45) is -2.73. The number of carbonyl (C=O) groups excluding carboxylic acids is 2. The summed E-state index contributed by atoms with van der Waals surface area (Å²) in [4.78, 5) is 29.2. The molecule has 1 aromatic heterocycles. The number of aromatic nitrogens is 1. The molecule has 11 heteroatoms. The average molecular weight is 466 g/mol. The lowest BCUT2D eigenvalue weighted by Crippen LogP contribution is -2.26. The fourth-order valence-electron chi connectivity index (χ4n) is 4.07. The summed E-state index contributed by atoms with van der Waals surface area (Å²) >= 11 is 0. The lowest BCUT2D eigenvalue weighted by atomic mass is 10.0. The number of benzene rings is 1. The van der Waals surface area contributed by atoms with Gasteiger partial charge in [-0.1, -0.05) is 0 Å². The van der Waals surface area contributed by atoms with Crippen LogP contribution in [0.1, 0.15) is 35.4 Å². The minimum absolute atomic E-state index is 0.0311. The van der Waals surface area contributed by atoms with Crippen LogP contribution >= 0.6 is 0 Å². The van der Waals surface area contributed by atoms with Crippen LogP contribution in [-0.2, 0) is 15.7 Å². The SMILES string of the molecule is Cc1[nH]c(/C=C2\C(=O)Nc3ccc(F)cc32)c(C(F)(F)F)c1NC(=O)OCCN1CCCC1. The average Bonchev–Trinajstić information content (AvgIpc) is 3.42. The molecule has 4 rings (SSSR count). The van der Waals surface area contributed by atoms with Crippen LogP contribution in [0, 0.1) is 12.7 Å². The standard InChI is InChI=1S/C22H22F4N4O3/c1-12-19(29-21(32)33-9-8-30-6-2-3-7-30)18(22(24,25)26)17(27-12)11-15-14-10-13(23)4-5-16(14)28-20(15)31/h4-5,10-11,27H,2-3,6-9H2,1H3,(H,28,31)(H,29,32)/b15-11-. The number of anilines is 2. The number of hydrogen-bond donors (Lipinski definition) is 3. The van der Waals surface area contributed by atoms with E-state index in [4.69, 9.17) is 4.74 Å². The van der Waals surface area contributed by atoms with E-state index in [0.717, 1.165) is 44.1 Å². The predicted octanol–water partition coefficient (Wildman–Crippen LogP) is 4.62. The Balaban J connectivity index is 1.60. The number of nitrogens with one attached hydrogen (secondary N) is 3. The number of likely N-dealkylation sites (tertiary alicyclic amines) is 1. The number of halogens is 4. The van der Waals surface area contributed by atoms with Crippen molar-refractivity contribution >= 4 is 35.0 Å². The van der Waals surface area contributed by atoms with Crippen molar-refractivity contribution < 1.29 is 31.9 Å². The number of alkyl halides is 3. The van der Waals surface area contributed by atoms with Crippen LogP contribution in [-0.4, -0.2) is 48.1 Å². The van der Waals surface area contributed by atoms with Gasteiger partial charge in [-0.2, -0.15) is 13.2 Å². The van der Waals surface area contributed by atoms with E-state index in [-0.39, 0.29) is 23.4 Å². The van der Waals surface area contributed by atoms with Crippen LogP contribution in [0.15, 0.2) is 18.2 Å². The topological polar surface area (TPSA) is 86.5 Å². The highest BCUT2D eigenvalue weighted by Crippen LogP contribution is 2.42. The molecule has 0 radical (unpaired) electrons. The van der Waals surface area contributed by atoms with E-state index < -0.39 is 40.9 Å². The number of ether oxygens (including phenoxy) is 1. The first-order valence-corrected chi connectivity index (χ1v) is 10.4. The van der Waals surface area contributed by atoms with E-state index in [1.807, 2.05) is 0 Å². The maximum atomic E-state index is 14.0. The van der Waals surface area contributed by atoms with Crippen LogP contribution < -0.4 is 10.6 Å². The first-order chi connectivity index (χ1) is 15.6. The number of H-pyrrole nitrogens is 1. The maximum absolute atomic E-state index is 14.0. The summed E-state index contributed by atoms with van der Waals surface area (Å²) in [6.45, 7) is 3.72. The molecule has 33 heavy (non-hydrogen) atoms. The van der Waals surface area contributed by atoms with Crippen molar-refractivity contribution in [3.8, 4) is 0 Å². The first-order valence-electron chi connectivity index (χ1n) is 10.4. The second-order valence-corrected chi connectivity index (χ2v) is 7.92. The molecule has 0 aliphatic carbocycles. The van der Waals surface area contributed by atoms with Gasteiger partial charge in [0.15, 0.2) is 0 Å². The highest BCUT2D eigenvalue weighted by Gasteiger charge is 2.39. The van der Waals surface area contributed by atoms with E-state index in [9.17, 15) is 27.2 Å². The third kappa shape index (κ3) is 4.87. The lowest BCUT2D eigenvalue weighted by Gasteiger charge is -2.15. The van der Waals surface area contributed by atoms with Gasteiger partial charge >= 0.3 is 12.3 Å². The predicted molar refractivity (Wildman–Crippen MR) is 114 cm³/mol. The fourth-order valence-corrected chi connectivity index (χ4v) is 4.07. The van der Waals surface area contributed by atoms with E-state index in [2.05, 4.69) is 20.5 Å². The summed E-state index contributed by atoms with van der Waals surface area (Å²) in [7, 11) is 0. The third-order valence-corrected chi connectivity index (χ3v) is 5.62. The van der Waals surface area contributed by atoms with Gasteiger partial charge in [-0.05, 0) is 57.1 Å². The van der Waals surface area contributed by atoms with Crippen molar-refractivity contribution in [2.24, 2.45) is 0 Å². The van der Waals surface area contributed by atoms with E-state index in [1.165, 1.54) is 13.0 Å². The third-order valence-electron chi connectivity index (χ3n) is 5.62. The Morgan fingerprint density at radius 3 is 2.70 bits per heavy atom. The van der Waals surface area contributed by atoms with Gasteiger partial charge in [0.1, 0.15) is 18.0 Å². The maximum Gasteiger partial charge on any atom is 0.420 e. The normalized spacial score (nSPS) is 17.4. The molecule has 1 saturated heterocycles. The first kappa shape index (κ1) is 22.8. The van der Waals surface area contributed by atoms with E-state index in [0.29, 0.717) is 12.2 Å². The largest absolute Gasteiger partial charge is 0.448 e. The Hall–Kier alpha value is -3.34. The summed E-state index contributed by atoms with van der Waals surface area (Å²) < 4.78 is 60.6. The minimum atomic E-state index is -4.85. The molecule has 0 unspecified atom stereocenters. The van der Waals surface area contributed by atoms with Crippen LogP contribution in [0.2, 0.25) is 0 Å². The molecule has 2 aliphatic rings. The zero-order valence-corrected chi connectivity index (χ0v) is 17.7. The number of amides is 2. The number of fused-ring (bicyclic) bond motifs is 1. The van der Waals surface area contributed by atoms with Gasteiger partial charge < -0.3 is 15.0 Å². The molecule has 1 fully saturated rings. The number of carbonyl (C=O) groups is 2. The number of aryl methyl sites for hydroxylation is 1. The van der Waals surface area contributed by atoms with Gasteiger partial charge in [-0.25, -0.2) is 9.18 Å². The summed E-state index contributed by atoms with van der Waals surface area (Å²) in [5.74, 6) is -1.29. The second-order valence-electron chi connectivity index (χ2n) is 7.92. The van der Waals surface area contributed by atoms with Crippen molar-refractivity contribution in [3.63, 3.8) is 0 Å². The second kappa shape index (κ2) is 8.89. The smallest absolute Gasteiger partial charge is 0.420 e. The zero-order valence-electron chi connectivity index (χ0n) is 17.7. The van der Waals surface area contributed by atoms with Gasteiger partial charge in [0.05, 0.1) is 17.0 Å². The van der Waals surface area contributed by atoms with Crippen LogP contribution in [0.4, 0.5) is 33.7 Å². The van der Waals surface area contributed by atoms with Gasteiger partial charge in [0, 0.05) is 23.5 Å². The molecule has 2 amide bonds. The molecule has 0 spiro atoms. The molecule has 0 bridgehead atoms. The Morgan fingerprint density at radius 1 is 1.27 bits per heavy atom. The van der Waals surface area contributed by atoms with Gasteiger partial charge in [0.25, 0.3) is 5.91 Å². The molecule has 3 heterocycles. The molecule has 7 nitrogen and oxygen atoms in total. The van der Waals surface area contributed by atoms with Gasteiger partial charge in [0.2, 0.25) is 0 Å². The van der Waals surface area contributed by atoms with E-state index >= 15 is 0 Å². The number of hydrogen-bond acceptors (Lipinski definition) is 4. The van der Waals surface area contributed by atoms with Crippen LogP contribution in [0.5, 0.6) is 0 Å². The van der Waals surface area contributed by atoms with Crippen molar-refractivity contribution in [3.05, 3.63) is 46.5 Å². The minimum Gasteiger partial charge on any atom is -0.448 e. The molecule has 3 N–H and O–H groups in total. The lowest BCUT2D eigenvalue weighted by molar-refractivity contribution is -0.137. The quantitative estimate of drug-likeness (QED) is 0.444. The molecular weight excluding hydrogens is 444 g/mol. The Bertz CT molecular complexity index is 1120. The Labute approximate surface area is 186 Å². The molecule has 1 aromatic carbocycles. The van der Waals surface area contributed by atoms with Gasteiger partial charge in [-0.3, -0.25) is 15.0 Å². The monoisotopic (exact) mass is 466 g/mol. The van der Waals surface area contributed by atoms with Crippen molar-refractivity contribution in [2.45, 2.75) is 25.9 Å². The Morgan fingerprint density at radius 2 is 2.00 bits per heavy atom. The number of aromatic amines is 1. The van der Waals surface area contributed by atoms with Crippen LogP contribution in [0.25, 0.3) is 11.6 Å². The van der Waals surface area contributed by atoms with Crippen molar-refractivity contribution in [1.29, 1.82) is 0 Å². The van der Waals surface area contributed by atoms with E-state index in [1.54, 1.807) is 0 Å². The van der Waals surface area contributed by atoms with Crippen molar-refractivity contribution in [1.82, 2.24) is 9.88 Å². The van der Waals surface area contributed by atoms with Crippen molar-refractivity contribution in [2.75, 3.05) is 36.9 Å². The summed E-state index contributed by atoms with van der Waals surface area (Å²) in [5.41, 5.74) is -1.73. The fraction of sp³-hybridized carbons (Fsp3) is 0.364. The molecule has 176 valence electrons. The Kier molecular flexibility index (Phi) is 6.15. The van der Waals surface area contributed by atoms with Crippen LogP contribution in [0.3, 0.4) is 0 Å².